The Balaban J connectivity index is 1.45. The molecule has 1 amide bonds. The second-order valence-corrected chi connectivity index (χ2v) is 10.4. The van der Waals surface area contributed by atoms with E-state index in [2.05, 4.69) is 16.6 Å². The number of methoxy groups -OCH3 is 1. The Kier molecular flexibility index (Phi) is 7.06. The molecule has 1 N–H and O–H groups in total. The van der Waals surface area contributed by atoms with Gasteiger partial charge in [0, 0.05) is 11.6 Å². The topological polar surface area (TPSA) is 88.1 Å². The summed E-state index contributed by atoms with van der Waals surface area (Å²) in [5, 5.41) is 8.30. The lowest BCUT2D eigenvalue weighted by Crippen LogP contribution is -2.39. The van der Waals surface area contributed by atoms with E-state index >= 15 is 0 Å². The van der Waals surface area contributed by atoms with Crippen molar-refractivity contribution in [1.29, 1.82) is 0 Å². The van der Waals surface area contributed by atoms with Crippen LogP contribution in [-0.4, -0.2) is 34.2 Å². The van der Waals surface area contributed by atoms with Crippen molar-refractivity contribution in [2.45, 2.75) is 4.90 Å². The lowest BCUT2D eigenvalue weighted by Gasteiger charge is -2.24. The molecule has 7 nitrogen and oxygen atoms in total. The number of sulfonamides is 1. The Bertz CT molecular complexity index is 1700. The van der Waals surface area contributed by atoms with Gasteiger partial charge in [-0.05, 0) is 51.9 Å². The van der Waals surface area contributed by atoms with Gasteiger partial charge in [-0.2, -0.15) is 5.10 Å². The molecule has 0 aromatic heterocycles. The zero-order chi connectivity index (χ0) is 26.5. The molecule has 0 aliphatic rings. The predicted molar refractivity (Wildman–Crippen MR) is 151 cm³/mol. The minimum absolute atomic E-state index is 0.0707. The minimum Gasteiger partial charge on any atom is -0.497 e. The maximum Gasteiger partial charge on any atom is 0.264 e. The number of fused-ring (bicyclic) bond motifs is 2. The Morgan fingerprint density at radius 3 is 2.13 bits per heavy atom. The molecule has 0 heterocycles. The van der Waals surface area contributed by atoms with Crippen LogP contribution in [0.4, 0.5) is 5.69 Å². The molecule has 0 radical (unpaired) electrons. The highest BCUT2D eigenvalue weighted by Gasteiger charge is 2.27. The molecule has 5 rings (SSSR count). The van der Waals surface area contributed by atoms with Crippen molar-refractivity contribution in [3.8, 4) is 5.75 Å². The van der Waals surface area contributed by atoms with Crippen molar-refractivity contribution in [1.82, 2.24) is 5.43 Å². The molecule has 5 aromatic rings. The highest BCUT2D eigenvalue weighted by molar-refractivity contribution is 7.92. The monoisotopic (exact) mass is 523 g/mol. The average molecular weight is 524 g/mol. The van der Waals surface area contributed by atoms with E-state index < -0.39 is 22.5 Å². The van der Waals surface area contributed by atoms with Crippen LogP contribution in [-0.2, 0) is 14.8 Å². The van der Waals surface area contributed by atoms with Crippen LogP contribution in [0.2, 0.25) is 0 Å². The second kappa shape index (κ2) is 10.7. The van der Waals surface area contributed by atoms with Gasteiger partial charge in [0.15, 0.2) is 0 Å². The lowest BCUT2D eigenvalue weighted by molar-refractivity contribution is -0.119. The Morgan fingerprint density at radius 2 is 1.47 bits per heavy atom. The van der Waals surface area contributed by atoms with Gasteiger partial charge in [-0.15, -0.1) is 0 Å². The highest BCUT2D eigenvalue weighted by atomic mass is 32.2. The molecule has 0 unspecified atom stereocenters. The van der Waals surface area contributed by atoms with Crippen LogP contribution < -0.4 is 14.5 Å². The van der Waals surface area contributed by atoms with Crippen molar-refractivity contribution < 1.29 is 17.9 Å². The molecule has 0 aliphatic carbocycles. The molecule has 0 atom stereocenters. The third kappa shape index (κ3) is 5.07. The molecule has 0 aliphatic heterocycles. The van der Waals surface area contributed by atoms with E-state index in [0.29, 0.717) is 11.4 Å². The summed E-state index contributed by atoms with van der Waals surface area (Å²) in [5.74, 6) is -0.120. The number of hydrogen-bond acceptors (Lipinski definition) is 5. The minimum atomic E-state index is -4.04. The molecular formula is C30H25N3O4S. The van der Waals surface area contributed by atoms with Crippen LogP contribution in [0, 0.1) is 0 Å². The zero-order valence-corrected chi connectivity index (χ0v) is 21.4. The number of hydrogen-bond donors (Lipinski definition) is 1. The number of benzene rings is 5. The number of nitrogens with zero attached hydrogens (tertiary/aromatic N) is 2. The van der Waals surface area contributed by atoms with Crippen LogP contribution in [0.3, 0.4) is 0 Å². The first-order chi connectivity index (χ1) is 18.5. The highest BCUT2D eigenvalue weighted by Crippen LogP contribution is 2.28. The number of hydrazone groups is 1. The summed E-state index contributed by atoms with van der Waals surface area (Å²) < 4.78 is 33.4. The maximum atomic E-state index is 13.5. The molecule has 5 aromatic carbocycles. The summed E-state index contributed by atoms with van der Waals surface area (Å²) in [6.45, 7) is -0.474. The van der Waals surface area contributed by atoms with E-state index in [1.807, 2.05) is 48.5 Å². The molecule has 38 heavy (non-hydrogen) atoms. The number of nitrogens with one attached hydrogen (secondary N) is 1. The van der Waals surface area contributed by atoms with Gasteiger partial charge in [0.25, 0.3) is 15.9 Å². The van der Waals surface area contributed by atoms with Crippen LogP contribution in [0.5, 0.6) is 5.75 Å². The van der Waals surface area contributed by atoms with Crippen LogP contribution in [0.25, 0.3) is 21.5 Å². The SMILES string of the molecule is COc1cccc(N(CC(=O)N/N=C\c2c3ccccc3cc3ccccc23)S(=O)(=O)c2ccccc2)c1. The van der Waals surface area contributed by atoms with Gasteiger partial charge in [-0.25, -0.2) is 13.8 Å². The van der Waals surface area contributed by atoms with Crippen molar-refractivity contribution in [2.75, 3.05) is 18.0 Å². The fraction of sp³-hybridized carbons (Fsp3) is 0.0667. The Labute approximate surface area is 221 Å². The average Bonchev–Trinajstić information content (AvgIpc) is 2.96. The van der Waals surface area contributed by atoms with E-state index in [9.17, 15) is 13.2 Å². The fourth-order valence-corrected chi connectivity index (χ4v) is 5.76. The second-order valence-electron chi connectivity index (χ2n) is 8.55. The standard InChI is InChI=1S/C30H25N3O4S/c1-37-25-13-9-12-24(19-25)33(38(35,36)26-14-3-2-4-15-26)21-30(34)32-31-20-29-27-16-7-5-10-22(27)18-23-11-6-8-17-28(23)29/h2-20H,21H2,1H3,(H,32,34)/b31-20-. The third-order valence-electron chi connectivity index (χ3n) is 6.16. The van der Waals surface area contributed by atoms with Gasteiger partial charge in [0.05, 0.1) is 23.9 Å². The van der Waals surface area contributed by atoms with Crippen LogP contribution in [0.15, 0.2) is 119 Å². The maximum absolute atomic E-state index is 13.5. The normalized spacial score (nSPS) is 11.6. The summed E-state index contributed by atoms with van der Waals surface area (Å²) in [6.07, 6.45) is 1.60. The van der Waals surface area contributed by atoms with Crippen molar-refractivity contribution >= 4 is 49.4 Å². The lowest BCUT2D eigenvalue weighted by atomic mass is 9.97. The number of rotatable bonds is 8. The van der Waals surface area contributed by atoms with Gasteiger partial charge in [0.2, 0.25) is 0 Å². The molecule has 0 fully saturated rings. The predicted octanol–water partition coefficient (Wildman–Crippen LogP) is 5.35. The molecule has 190 valence electrons. The van der Waals surface area contributed by atoms with Gasteiger partial charge in [-0.3, -0.25) is 9.10 Å². The van der Waals surface area contributed by atoms with Gasteiger partial charge < -0.3 is 4.74 Å². The van der Waals surface area contributed by atoms with Crippen molar-refractivity contribution in [3.63, 3.8) is 0 Å². The molecule has 0 saturated carbocycles. The summed E-state index contributed by atoms with van der Waals surface area (Å²) in [7, 11) is -2.55. The van der Waals surface area contributed by atoms with Crippen LogP contribution in [0.1, 0.15) is 5.56 Å². The first kappa shape index (κ1) is 25.0. The molecular weight excluding hydrogens is 498 g/mol. The van der Waals surface area contributed by atoms with E-state index in [1.54, 1.807) is 48.7 Å². The molecule has 0 spiro atoms. The fourth-order valence-electron chi connectivity index (χ4n) is 4.32. The largest absolute Gasteiger partial charge is 0.497 e. The smallest absolute Gasteiger partial charge is 0.264 e. The van der Waals surface area contributed by atoms with Crippen molar-refractivity contribution in [2.24, 2.45) is 5.10 Å². The van der Waals surface area contributed by atoms with Gasteiger partial charge >= 0.3 is 0 Å². The van der Waals surface area contributed by atoms with Crippen LogP contribution >= 0.6 is 0 Å². The van der Waals surface area contributed by atoms with Gasteiger partial charge in [-0.1, -0.05) is 72.8 Å². The van der Waals surface area contributed by atoms with E-state index in [1.165, 1.54) is 19.2 Å². The van der Waals surface area contributed by atoms with E-state index in [-0.39, 0.29) is 4.90 Å². The third-order valence-corrected chi connectivity index (χ3v) is 7.94. The Hall–Kier alpha value is -4.69. The first-order valence-corrected chi connectivity index (χ1v) is 13.4. The first-order valence-electron chi connectivity index (χ1n) is 11.9. The summed E-state index contributed by atoms with van der Waals surface area (Å²) in [6, 6.07) is 32.6. The zero-order valence-electron chi connectivity index (χ0n) is 20.6. The number of anilines is 1. The Morgan fingerprint density at radius 1 is 0.842 bits per heavy atom. The molecule has 0 saturated heterocycles. The number of amides is 1. The number of carbonyl (C=O) groups is 1. The number of ether oxygens (including phenoxy) is 1. The quantitative estimate of drug-likeness (QED) is 0.169. The summed E-state index contributed by atoms with van der Waals surface area (Å²) in [4.78, 5) is 13.1. The summed E-state index contributed by atoms with van der Waals surface area (Å²) in [5.41, 5.74) is 3.67. The van der Waals surface area contributed by atoms with Crippen molar-refractivity contribution in [3.05, 3.63) is 115 Å². The van der Waals surface area contributed by atoms with E-state index in [4.69, 9.17) is 4.74 Å². The van der Waals surface area contributed by atoms with Gasteiger partial charge in [0.1, 0.15) is 12.3 Å². The van der Waals surface area contributed by atoms with E-state index in [0.717, 1.165) is 31.4 Å². The molecule has 0 bridgehead atoms. The summed E-state index contributed by atoms with van der Waals surface area (Å²) >= 11 is 0. The molecule has 8 heteroatoms. The number of carbonyl (C=O) groups excluding carboxylic acids is 1.